The van der Waals surface area contributed by atoms with E-state index in [0.717, 1.165) is 29.3 Å². The molecule has 1 fully saturated rings. The SMILES string of the molecule is CCc1cc(-c2cc(NC(=O)Cc3cc(C(F)(F)F)ccc3C(F)(F)F)nn2C)cc2cnc(NC3CCC(C)(NC(=O)O)CC3)nc12. The molecule has 0 atom stereocenters. The van der Waals surface area contributed by atoms with Crippen LogP contribution in [0.2, 0.25) is 0 Å². The number of carboxylic acid groups (broad SMARTS) is 1. The first-order chi connectivity index (χ1) is 22.4. The fourth-order valence-electron chi connectivity index (χ4n) is 6.02. The van der Waals surface area contributed by atoms with Crippen LogP contribution in [0.5, 0.6) is 0 Å². The molecule has 16 heteroatoms. The maximum absolute atomic E-state index is 13.5. The lowest BCUT2D eigenvalue weighted by molar-refractivity contribution is -0.142. The van der Waals surface area contributed by atoms with Crippen molar-refractivity contribution >= 4 is 34.7 Å². The van der Waals surface area contributed by atoms with Crippen LogP contribution in [0.3, 0.4) is 0 Å². The van der Waals surface area contributed by atoms with Crippen LogP contribution in [0.4, 0.5) is 42.9 Å². The maximum Gasteiger partial charge on any atom is 0.416 e. The number of rotatable bonds is 8. The highest BCUT2D eigenvalue weighted by Gasteiger charge is 2.37. The van der Waals surface area contributed by atoms with E-state index in [-0.39, 0.29) is 11.9 Å². The van der Waals surface area contributed by atoms with E-state index in [0.29, 0.717) is 54.7 Å². The molecular weight excluding hydrogens is 644 g/mol. The van der Waals surface area contributed by atoms with Gasteiger partial charge in [-0.25, -0.2) is 14.8 Å². The fourth-order valence-corrected chi connectivity index (χ4v) is 6.02. The van der Waals surface area contributed by atoms with Gasteiger partial charge in [0.05, 0.1) is 28.8 Å². The number of carbonyl (C=O) groups excluding carboxylic acids is 1. The third kappa shape index (κ3) is 7.80. The molecule has 2 amide bonds. The van der Waals surface area contributed by atoms with Crippen LogP contribution in [-0.4, -0.2) is 48.4 Å². The van der Waals surface area contributed by atoms with Crippen molar-refractivity contribution in [1.29, 1.82) is 0 Å². The first-order valence-electron chi connectivity index (χ1n) is 15.1. The summed E-state index contributed by atoms with van der Waals surface area (Å²) >= 11 is 0. The third-order valence-corrected chi connectivity index (χ3v) is 8.51. The Morgan fingerprint density at radius 2 is 1.73 bits per heavy atom. The largest absolute Gasteiger partial charge is 0.465 e. The van der Waals surface area contributed by atoms with Crippen molar-refractivity contribution in [3.8, 4) is 11.3 Å². The van der Waals surface area contributed by atoms with Crippen LogP contribution >= 0.6 is 0 Å². The van der Waals surface area contributed by atoms with Crippen molar-refractivity contribution in [2.24, 2.45) is 7.05 Å². The summed E-state index contributed by atoms with van der Waals surface area (Å²) in [6.45, 7) is 3.85. The zero-order valence-corrected chi connectivity index (χ0v) is 26.2. The number of alkyl halides is 6. The average Bonchev–Trinajstić information content (AvgIpc) is 3.35. The Kier molecular flexibility index (Phi) is 9.30. The predicted molar refractivity (Wildman–Crippen MR) is 165 cm³/mol. The summed E-state index contributed by atoms with van der Waals surface area (Å²) in [6.07, 6.45) is -6.73. The molecule has 48 heavy (non-hydrogen) atoms. The first kappa shape index (κ1) is 34.4. The lowest BCUT2D eigenvalue weighted by Gasteiger charge is -2.37. The molecule has 0 spiro atoms. The maximum atomic E-state index is 13.5. The van der Waals surface area contributed by atoms with Gasteiger partial charge in [0.1, 0.15) is 0 Å². The van der Waals surface area contributed by atoms with Gasteiger partial charge in [-0.05, 0) is 80.5 Å². The van der Waals surface area contributed by atoms with E-state index in [1.807, 2.05) is 26.0 Å². The number of hydrogen-bond donors (Lipinski definition) is 4. The molecule has 4 N–H and O–H groups in total. The zero-order chi connectivity index (χ0) is 35.0. The summed E-state index contributed by atoms with van der Waals surface area (Å²) in [6, 6.07) is 6.33. The van der Waals surface area contributed by atoms with Crippen LogP contribution in [0, 0.1) is 0 Å². The molecule has 2 heterocycles. The van der Waals surface area contributed by atoms with E-state index >= 15 is 0 Å². The number of aryl methyl sites for hydroxylation is 2. The van der Waals surface area contributed by atoms with Crippen LogP contribution < -0.4 is 16.0 Å². The lowest BCUT2D eigenvalue weighted by atomic mass is 9.81. The van der Waals surface area contributed by atoms with Crippen molar-refractivity contribution in [2.75, 3.05) is 10.6 Å². The van der Waals surface area contributed by atoms with Crippen molar-refractivity contribution in [3.05, 3.63) is 64.8 Å². The highest BCUT2D eigenvalue weighted by atomic mass is 19.4. The van der Waals surface area contributed by atoms with Crippen LogP contribution in [0.1, 0.15) is 61.8 Å². The van der Waals surface area contributed by atoms with Gasteiger partial charge in [-0.2, -0.15) is 31.4 Å². The Morgan fingerprint density at radius 3 is 2.35 bits per heavy atom. The molecule has 1 aliphatic rings. The predicted octanol–water partition coefficient (Wildman–Crippen LogP) is 7.19. The molecule has 256 valence electrons. The number of amides is 2. The quantitative estimate of drug-likeness (QED) is 0.145. The van der Waals surface area contributed by atoms with Gasteiger partial charge in [0.25, 0.3) is 0 Å². The number of aromatic nitrogens is 4. The Labute approximate surface area is 271 Å². The monoisotopic (exact) mass is 677 g/mol. The Morgan fingerprint density at radius 1 is 1.02 bits per heavy atom. The van der Waals surface area contributed by atoms with E-state index in [9.17, 15) is 35.9 Å². The summed E-state index contributed by atoms with van der Waals surface area (Å²) in [5.74, 6) is -0.509. The summed E-state index contributed by atoms with van der Waals surface area (Å²) in [5.41, 5.74) is -1.03. The summed E-state index contributed by atoms with van der Waals surface area (Å²) in [5, 5.41) is 22.4. The number of nitrogens with zero attached hydrogens (tertiary/aromatic N) is 4. The number of halogens is 6. The second-order valence-corrected chi connectivity index (χ2v) is 12.2. The molecule has 1 aliphatic carbocycles. The van der Waals surface area contributed by atoms with Crippen molar-refractivity contribution in [1.82, 2.24) is 25.1 Å². The minimum Gasteiger partial charge on any atom is -0.465 e. The molecule has 0 bridgehead atoms. The van der Waals surface area contributed by atoms with Gasteiger partial charge in [-0.15, -0.1) is 0 Å². The van der Waals surface area contributed by atoms with Gasteiger partial charge in [-0.1, -0.05) is 6.92 Å². The fraction of sp³-hybridized carbons (Fsp3) is 0.406. The van der Waals surface area contributed by atoms with Crippen molar-refractivity contribution in [2.45, 2.75) is 76.3 Å². The zero-order valence-electron chi connectivity index (χ0n) is 26.2. The Bertz CT molecular complexity index is 1850. The smallest absolute Gasteiger partial charge is 0.416 e. The van der Waals surface area contributed by atoms with Crippen LogP contribution in [0.15, 0.2) is 42.6 Å². The molecule has 0 unspecified atom stereocenters. The van der Waals surface area contributed by atoms with Gasteiger partial charge in [-0.3, -0.25) is 9.48 Å². The normalized spacial score (nSPS) is 18.5. The molecule has 4 aromatic rings. The molecule has 1 saturated carbocycles. The molecule has 10 nitrogen and oxygen atoms in total. The molecule has 0 saturated heterocycles. The molecule has 0 radical (unpaired) electrons. The molecular formula is C32H33F6N7O3. The Hall–Kier alpha value is -4.89. The first-order valence-corrected chi connectivity index (χ1v) is 15.1. The van der Waals surface area contributed by atoms with Gasteiger partial charge >= 0.3 is 18.4 Å². The average molecular weight is 678 g/mol. The summed E-state index contributed by atoms with van der Waals surface area (Å²) in [4.78, 5) is 33.1. The van der Waals surface area contributed by atoms with E-state index in [1.165, 1.54) is 10.7 Å². The van der Waals surface area contributed by atoms with Crippen LogP contribution in [-0.2, 0) is 37.0 Å². The van der Waals surface area contributed by atoms with E-state index < -0.39 is 53.0 Å². The molecule has 5 rings (SSSR count). The number of hydrogen-bond acceptors (Lipinski definition) is 6. The van der Waals surface area contributed by atoms with Gasteiger partial charge in [0.2, 0.25) is 11.9 Å². The van der Waals surface area contributed by atoms with E-state index in [4.69, 9.17) is 10.1 Å². The third-order valence-electron chi connectivity index (χ3n) is 8.51. The number of nitrogens with one attached hydrogen (secondary N) is 3. The summed E-state index contributed by atoms with van der Waals surface area (Å²) in [7, 11) is 1.61. The van der Waals surface area contributed by atoms with Gasteiger partial charge < -0.3 is 21.1 Å². The second kappa shape index (κ2) is 13.0. The van der Waals surface area contributed by atoms with Gasteiger partial charge in [0.15, 0.2) is 5.82 Å². The van der Waals surface area contributed by atoms with Crippen molar-refractivity contribution < 1.29 is 41.0 Å². The van der Waals surface area contributed by atoms with Crippen LogP contribution in [0.25, 0.3) is 22.2 Å². The topological polar surface area (TPSA) is 134 Å². The number of benzene rings is 2. The standard InChI is InChI=1S/C32H33F6N7O3/c1-4-17-11-19(12-20-16-39-28(42-27(17)20)40-22-7-9-30(2,10-8-22)43-29(47)48)24-15-25(44-45(24)3)41-26(46)14-18-13-21(31(33,34)35)5-6-23(18)32(36,37)38/h5-6,11-13,15-16,22,43H,4,7-10,14H2,1-3H3,(H,47,48)(H,39,40,42)(H,41,44,46). The molecule has 0 aliphatic heterocycles. The highest BCUT2D eigenvalue weighted by molar-refractivity contribution is 5.93. The lowest BCUT2D eigenvalue weighted by Crippen LogP contribution is -2.49. The summed E-state index contributed by atoms with van der Waals surface area (Å²) < 4.78 is 81.5. The van der Waals surface area contributed by atoms with Gasteiger partial charge in [0, 0.05) is 41.8 Å². The number of fused-ring (bicyclic) bond motifs is 1. The minimum atomic E-state index is -4.95. The number of anilines is 2. The minimum absolute atomic E-state index is 0.00844. The van der Waals surface area contributed by atoms with E-state index in [2.05, 4.69) is 26.0 Å². The molecule has 2 aromatic heterocycles. The molecule has 2 aromatic carbocycles. The highest BCUT2D eigenvalue weighted by Crippen LogP contribution is 2.37. The van der Waals surface area contributed by atoms with Crippen molar-refractivity contribution in [3.63, 3.8) is 0 Å². The van der Waals surface area contributed by atoms with E-state index in [1.54, 1.807) is 13.2 Å². The Balaban J connectivity index is 1.33. The second-order valence-electron chi connectivity index (χ2n) is 12.2. The number of carbonyl (C=O) groups is 2.